The van der Waals surface area contributed by atoms with Crippen molar-refractivity contribution in [3.63, 3.8) is 0 Å². The second-order valence-electron chi connectivity index (χ2n) is 8.01. The quantitative estimate of drug-likeness (QED) is 0.271. The average molecular weight is 413 g/mol. The highest BCUT2D eigenvalue weighted by molar-refractivity contribution is 6.18. The van der Waals surface area contributed by atoms with Crippen molar-refractivity contribution < 1.29 is 34.4 Å². The zero-order chi connectivity index (χ0) is 20.9. The first-order chi connectivity index (χ1) is 13.1. The van der Waals surface area contributed by atoms with E-state index in [0.29, 0.717) is 0 Å². The van der Waals surface area contributed by atoms with Crippen molar-refractivity contribution in [1.82, 2.24) is 0 Å². The number of aliphatic hydroxyl groups is 3. The number of aliphatic hydroxyl groups excluding tert-OH is 1. The molecule has 0 aromatic rings. The number of ether oxygens (including phenoxy) is 2. The summed E-state index contributed by atoms with van der Waals surface area (Å²) in [5.74, 6) is -3.44. The number of hydrogen-bond donors (Lipinski definition) is 3. The molecule has 1 heterocycles. The summed E-state index contributed by atoms with van der Waals surface area (Å²) in [4.78, 5) is 24.7. The largest absolute Gasteiger partial charge is 0.458 e. The van der Waals surface area contributed by atoms with E-state index in [1.807, 2.05) is 0 Å². The SMILES string of the molecule is C=C1C(=O)O[C@@H]2[C@H]1[C@H](OC(=O)/C(C)=C/CO)C[C@](O)(CCl)[C@H]1C=C[C@](C)(O)[C@H]21. The van der Waals surface area contributed by atoms with Gasteiger partial charge in [0.15, 0.2) is 0 Å². The number of hydrogen-bond acceptors (Lipinski definition) is 7. The molecular formula is C20H25ClO7. The van der Waals surface area contributed by atoms with Crippen LogP contribution in [-0.2, 0) is 19.1 Å². The molecule has 0 radical (unpaired) electrons. The third-order valence-corrected chi connectivity index (χ3v) is 6.57. The second kappa shape index (κ2) is 7.30. The van der Waals surface area contributed by atoms with Crippen molar-refractivity contribution in [2.45, 2.75) is 43.7 Å². The van der Waals surface area contributed by atoms with Crippen LogP contribution in [0.4, 0.5) is 0 Å². The molecule has 0 spiro atoms. The molecule has 1 aliphatic heterocycles. The monoisotopic (exact) mass is 412 g/mol. The van der Waals surface area contributed by atoms with Gasteiger partial charge in [-0.25, -0.2) is 9.59 Å². The molecule has 8 heteroatoms. The van der Waals surface area contributed by atoms with Gasteiger partial charge in [-0.1, -0.05) is 18.7 Å². The lowest BCUT2D eigenvalue weighted by molar-refractivity contribution is -0.151. The number of carbonyl (C=O) groups excluding carboxylic acids is 2. The van der Waals surface area contributed by atoms with Crippen LogP contribution in [0.15, 0.2) is 36.0 Å². The normalized spacial score (nSPS) is 42.6. The molecule has 28 heavy (non-hydrogen) atoms. The molecule has 1 saturated carbocycles. The summed E-state index contributed by atoms with van der Waals surface area (Å²) in [5.41, 5.74) is -2.50. The Morgan fingerprint density at radius 3 is 2.79 bits per heavy atom. The first-order valence-electron chi connectivity index (χ1n) is 9.14. The van der Waals surface area contributed by atoms with Gasteiger partial charge in [-0.15, -0.1) is 11.6 Å². The Bertz CT molecular complexity index is 756. The van der Waals surface area contributed by atoms with Crippen LogP contribution in [0.3, 0.4) is 0 Å². The van der Waals surface area contributed by atoms with E-state index in [9.17, 15) is 19.8 Å². The molecule has 154 valence electrons. The summed E-state index contributed by atoms with van der Waals surface area (Å²) < 4.78 is 11.1. The minimum atomic E-state index is -1.49. The van der Waals surface area contributed by atoms with Crippen LogP contribution in [-0.4, -0.2) is 63.2 Å². The smallest absolute Gasteiger partial charge is 0.334 e. The predicted octanol–water partition coefficient (Wildman–Crippen LogP) is 0.861. The summed E-state index contributed by atoms with van der Waals surface area (Å²) in [6, 6.07) is 0. The summed E-state index contributed by atoms with van der Waals surface area (Å²) >= 11 is 6.11. The van der Waals surface area contributed by atoms with Crippen LogP contribution in [0, 0.1) is 17.8 Å². The third kappa shape index (κ3) is 3.30. The molecule has 0 aromatic heterocycles. The Morgan fingerprint density at radius 1 is 1.50 bits per heavy atom. The van der Waals surface area contributed by atoms with Crippen molar-refractivity contribution in [2.75, 3.05) is 12.5 Å². The van der Waals surface area contributed by atoms with Crippen LogP contribution < -0.4 is 0 Å². The van der Waals surface area contributed by atoms with Crippen LogP contribution in [0.25, 0.3) is 0 Å². The molecule has 2 fully saturated rings. The Hall–Kier alpha value is -1.67. The zero-order valence-electron chi connectivity index (χ0n) is 15.8. The van der Waals surface area contributed by atoms with Gasteiger partial charge in [0.1, 0.15) is 12.2 Å². The van der Waals surface area contributed by atoms with E-state index < -0.39 is 53.1 Å². The van der Waals surface area contributed by atoms with Gasteiger partial charge in [0.05, 0.1) is 29.6 Å². The molecule has 3 rings (SSSR count). The zero-order valence-corrected chi connectivity index (χ0v) is 16.6. The van der Waals surface area contributed by atoms with E-state index in [-0.39, 0.29) is 30.1 Å². The lowest BCUT2D eigenvalue weighted by Crippen LogP contribution is -2.49. The number of esters is 2. The molecule has 3 aliphatic rings. The summed E-state index contributed by atoms with van der Waals surface area (Å²) in [6.07, 6.45) is 2.75. The van der Waals surface area contributed by atoms with Gasteiger partial charge in [-0.3, -0.25) is 0 Å². The van der Waals surface area contributed by atoms with Crippen molar-refractivity contribution in [2.24, 2.45) is 17.8 Å². The maximum absolute atomic E-state index is 12.4. The number of fused-ring (bicyclic) bond motifs is 3. The van der Waals surface area contributed by atoms with Gasteiger partial charge in [-0.2, -0.15) is 0 Å². The van der Waals surface area contributed by atoms with Crippen molar-refractivity contribution in [1.29, 1.82) is 0 Å². The standard InChI is InChI=1S/C20H25ClO7/c1-10(5-7-22)17(23)27-13-8-20(26,9-21)12-4-6-19(3,25)15(12)16-14(13)11(2)18(24)28-16/h4-6,12-16,22,25-26H,2,7-9H2,1,3H3/b10-5+/t12-,13+,14+,15-,16+,19-,20-/m0/s1. The molecule has 0 bridgehead atoms. The Labute approximate surface area is 168 Å². The van der Waals surface area contributed by atoms with Gasteiger partial charge in [0.25, 0.3) is 0 Å². The van der Waals surface area contributed by atoms with Gasteiger partial charge >= 0.3 is 11.9 Å². The fourth-order valence-electron chi connectivity index (χ4n) is 4.60. The lowest BCUT2D eigenvalue weighted by Gasteiger charge is -2.38. The van der Waals surface area contributed by atoms with Crippen LogP contribution >= 0.6 is 11.6 Å². The Balaban J connectivity index is 2.04. The fraction of sp³-hybridized carbons (Fsp3) is 0.600. The van der Waals surface area contributed by atoms with E-state index >= 15 is 0 Å². The summed E-state index contributed by atoms with van der Waals surface area (Å²) in [6.45, 7) is 6.55. The van der Waals surface area contributed by atoms with Crippen molar-refractivity contribution in [3.05, 3.63) is 36.0 Å². The highest BCUT2D eigenvalue weighted by Gasteiger charge is 2.63. The van der Waals surface area contributed by atoms with Gasteiger partial charge in [0.2, 0.25) is 0 Å². The van der Waals surface area contributed by atoms with Crippen LogP contribution in [0.2, 0.25) is 0 Å². The Kier molecular flexibility index (Phi) is 5.49. The van der Waals surface area contributed by atoms with E-state index in [1.165, 1.54) is 13.0 Å². The molecule has 0 aromatic carbocycles. The number of carbonyl (C=O) groups is 2. The molecular weight excluding hydrogens is 388 g/mol. The minimum Gasteiger partial charge on any atom is -0.458 e. The van der Waals surface area contributed by atoms with E-state index in [4.69, 9.17) is 26.2 Å². The van der Waals surface area contributed by atoms with E-state index in [2.05, 4.69) is 6.58 Å². The Morgan fingerprint density at radius 2 is 2.18 bits per heavy atom. The third-order valence-electron chi connectivity index (χ3n) is 6.10. The van der Waals surface area contributed by atoms with Crippen LogP contribution in [0.5, 0.6) is 0 Å². The summed E-state index contributed by atoms with van der Waals surface area (Å²) in [5, 5.41) is 31.2. The molecule has 0 amide bonds. The molecule has 3 N–H and O–H groups in total. The molecule has 0 unspecified atom stereocenters. The van der Waals surface area contributed by atoms with Gasteiger partial charge < -0.3 is 24.8 Å². The van der Waals surface area contributed by atoms with E-state index in [1.54, 1.807) is 19.1 Å². The highest BCUT2D eigenvalue weighted by Crippen LogP contribution is 2.53. The number of halogens is 1. The second-order valence-corrected chi connectivity index (χ2v) is 8.28. The first kappa shape index (κ1) is 21.0. The molecule has 1 saturated heterocycles. The van der Waals surface area contributed by atoms with Crippen molar-refractivity contribution in [3.8, 4) is 0 Å². The lowest BCUT2D eigenvalue weighted by atomic mass is 9.73. The maximum Gasteiger partial charge on any atom is 0.334 e. The first-order valence-corrected chi connectivity index (χ1v) is 9.67. The van der Waals surface area contributed by atoms with Gasteiger partial charge in [0, 0.05) is 29.4 Å². The highest BCUT2D eigenvalue weighted by atomic mass is 35.5. The fourth-order valence-corrected chi connectivity index (χ4v) is 4.89. The summed E-state index contributed by atoms with van der Waals surface area (Å²) in [7, 11) is 0. The molecule has 7 atom stereocenters. The van der Waals surface area contributed by atoms with Crippen molar-refractivity contribution >= 4 is 23.5 Å². The van der Waals surface area contributed by atoms with E-state index in [0.717, 1.165) is 0 Å². The van der Waals surface area contributed by atoms with Gasteiger partial charge in [-0.05, 0) is 19.9 Å². The van der Waals surface area contributed by atoms with Crippen LogP contribution in [0.1, 0.15) is 20.3 Å². The maximum atomic E-state index is 12.4. The molecule has 2 aliphatic carbocycles. The minimum absolute atomic E-state index is 0.0486. The number of alkyl halides is 1. The average Bonchev–Trinajstić information content (AvgIpc) is 3.06. The molecule has 7 nitrogen and oxygen atoms in total. The topological polar surface area (TPSA) is 113 Å². The number of rotatable bonds is 4. The predicted molar refractivity (Wildman–Crippen MR) is 100 cm³/mol.